The SMILES string of the molecule is CCn1cnnc1C1CCN(C(=O)C2CCCC(OC)C2)CC1. The molecule has 0 spiro atoms. The topological polar surface area (TPSA) is 60.2 Å². The Kier molecular flexibility index (Phi) is 5.30. The number of hydrogen-bond donors (Lipinski definition) is 0. The van der Waals surface area contributed by atoms with Crippen LogP contribution in [0.15, 0.2) is 6.33 Å². The molecular weight excluding hydrogens is 292 g/mol. The Labute approximate surface area is 138 Å². The van der Waals surface area contributed by atoms with Crippen LogP contribution in [0, 0.1) is 5.92 Å². The van der Waals surface area contributed by atoms with Crippen molar-refractivity contribution in [2.75, 3.05) is 20.2 Å². The number of aromatic nitrogens is 3. The van der Waals surface area contributed by atoms with Crippen molar-refractivity contribution in [2.24, 2.45) is 5.92 Å². The summed E-state index contributed by atoms with van der Waals surface area (Å²) < 4.78 is 7.58. The maximum absolute atomic E-state index is 12.8. The fraction of sp³-hybridized carbons (Fsp3) is 0.824. The van der Waals surface area contributed by atoms with E-state index in [0.717, 1.165) is 64.0 Å². The summed E-state index contributed by atoms with van der Waals surface area (Å²) >= 11 is 0. The zero-order valence-electron chi connectivity index (χ0n) is 14.3. The van der Waals surface area contributed by atoms with Crippen LogP contribution in [-0.4, -0.2) is 51.9 Å². The number of methoxy groups -OCH3 is 1. The first kappa shape index (κ1) is 16.4. The number of likely N-dealkylation sites (tertiary alicyclic amines) is 1. The number of amides is 1. The first-order valence-electron chi connectivity index (χ1n) is 8.92. The summed E-state index contributed by atoms with van der Waals surface area (Å²) in [5.41, 5.74) is 0. The summed E-state index contributed by atoms with van der Waals surface area (Å²) in [5.74, 6) is 2.00. The fourth-order valence-electron chi connectivity index (χ4n) is 4.02. The minimum Gasteiger partial charge on any atom is -0.381 e. The number of hydrogen-bond acceptors (Lipinski definition) is 4. The highest BCUT2D eigenvalue weighted by Crippen LogP contribution is 2.31. The Morgan fingerprint density at radius 2 is 2.09 bits per heavy atom. The summed E-state index contributed by atoms with van der Waals surface area (Å²) in [5, 5.41) is 8.32. The van der Waals surface area contributed by atoms with E-state index in [1.165, 1.54) is 0 Å². The third-order valence-electron chi connectivity index (χ3n) is 5.47. The van der Waals surface area contributed by atoms with E-state index < -0.39 is 0 Å². The van der Waals surface area contributed by atoms with Crippen LogP contribution in [0.1, 0.15) is 57.2 Å². The molecule has 0 aromatic carbocycles. The first-order chi connectivity index (χ1) is 11.2. The lowest BCUT2D eigenvalue weighted by atomic mass is 9.85. The van der Waals surface area contributed by atoms with Crippen LogP contribution in [0.2, 0.25) is 0 Å². The summed E-state index contributed by atoms with van der Waals surface area (Å²) in [6.45, 7) is 4.70. The van der Waals surface area contributed by atoms with Gasteiger partial charge in [-0.05, 0) is 39.0 Å². The molecule has 3 rings (SSSR count). The van der Waals surface area contributed by atoms with E-state index in [2.05, 4.69) is 26.6 Å². The lowest BCUT2D eigenvalue weighted by Crippen LogP contribution is -2.43. The van der Waals surface area contributed by atoms with Gasteiger partial charge in [0.15, 0.2) is 0 Å². The predicted molar refractivity (Wildman–Crippen MR) is 87.0 cm³/mol. The summed E-state index contributed by atoms with van der Waals surface area (Å²) in [6, 6.07) is 0. The third kappa shape index (κ3) is 3.57. The number of piperidine rings is 1. The number of carbonyl (C=O) groups excluding carboxylic acids is 1. The van der Waals surface area contributed by atoms with Crippen LogP contribution in [0.5, 0.6) is 0 Å². The van der Waals surface area contributed by atoms with Crippen LogP contribution >= 0.6 is 0 Å². The van der Waals surface area contributed by atoms with E-state index in [1.807, 2.05) is 0 Å². The maximum Gasteiger partial charge on any atom is 0.225 e. The van der Waals surface area contributed by atoms with E-state index in [9.17, 15) is 4.79 Å². The van der Waals surface area contributed by atoms with Crippen LogP contribution in [0.4, 0.5) is 0 Å². The number of aryl methyl sites for hydroxylation is 1. The lowest BCUT2D eigenvalue weighted by Gasteiger charge is -2.36. The predicted octanol–water partition coefficient (Wildman–Crippen LogP) is 2.21. The lowest BCUT2D eigenvalue weighted by molar-refractivity contribution is -0.139. The minimum absolute atomic E-state index is 0.157. The molecule has 2 unspecified atom stereocenters. The Balaban J connectivity index is 1.55. The van der Waals surface area contributed by atoms with Gasteiger partial charge >= 0.3 is 0 Å². The van der Waals surface area contributed by atoms with Crippen LogP contribution in [0.25, 0.3) is 0 Å². The van der Waals surface area contributed by atoms with Crippen LogP contribution in [-0.2, 0) is 16.1 Å². The molecule has 2 atom stereocenters. The molecule has 0 N–H and O–H groups in total. The standard InChI is InChI=1S/C17H28N4O2/c1-3-20-12-18-19-16(20)13-7-9-21(10-8-13)17(22)14-5-4-6-15(11-14)23-2/h12-15H,3-11H2,1-2H3. The summed E-state index contributed by atoms with van der Waals surface area (Å²) in [4.78, 5) is 14.8. The molecule has 1 aliphatic heterocycles. The molecule has 128 valence electrons. The van der Waals surface area contributed by atoms with Crippen molar-refractivity contribution in [2.45, 2.75) is 64.0 Å². The Bertz CT molecular complexity index is 522. The van der Waals surface area contributed by atoms with Crippen LogP contribution in [0.3, 0.4) is 0 Å². The number of nitrogens with zero attached hydrogens (tertiary/aromatic N) is 4. The van der Waals surface area contributed by atoms with Gasteiger partial charge in [0.25, 0.3) is 0 Å². The second-order valence-electron chi connectivity index (χ2n) is 6.80. The van der Waals surface area contributed by atoms with Crippen LogP contribution < -0.4 is 0 Å². The van der Waals surface area contributed by atoms with E-state index >= 15 is 0 Å². The van der Waals surface area contributed by atoms with Gasteiger partial charge in [-0.25, -0.2) is 0 Å². The largest absolute Gasteiger partial charge is 0.381 e. The molecule has 6 heteroatoms. The molecule has 0 bridgehead atoms. The monoisotopic (exact) mass is 320 g/mol. The van der Waals surface area contributed by atoms with Crippen molar-refractivity contribution >= 4 is 5.91 Å². The highest BCUT2D eigenvalue weighted by atomic mass is 16.5. The minimum atomic E-state index is 0.157. The molecule has 6 nitrogen and oxygen atoms in total. The Morgan fingerprint density at radius 3 is 2.78 bits per heavy atom. The summed E-state index contributed by atoms with van der Waals surface area (Å²) in [7, 11) is 1.76. The molecule has 23 heavy (non-hydrogen) atoms. The van der Waals surface area contributed by atoms with Gasteiger partial charge in [0.2, 0.25) is 5.91 Å². The maximum atomic E-state index is 12.8. The van der Waals surface area contributed by atoms with Gasteiger partial charge in [0.1, 0.15) is 12.2 Å². The Morgan fingerprint density at radius 1 is 1.30 bits per heavy atom. The second-order valence-corrected chi connectivity index (χ2v) is 6.80. The van der Waals surface area contributed by atoms with Gasteiger partial charge in [-0.2, -0.15) is 0 Å². The highest BCUT2D eigenvalue weighted by Gasteiger charge is 2.33. The quantitative estimate of drug-likeness (QED) is 0.853. The molecule has 2 fully saturated rings. The van der Waals surface area contributed by atoms with Gasteiger partial charge < -0.3 is 14.2 Å². The molecule has 1 saturated heterocycles. The molecule has 1 saturated carbocycles. The van der Waals surface area contributed by atoms with E-state index in [-0.39, 0.29) is 12.0 Å². The number of carbonyl (C=O) groups is 1. The van der Waals surface area contributed by atoms with Gasteiger partial charge in [-0.15, -0.1) is 10.2 Å². The molecule has 1 amide bonds. The smallest absolute Gasteiger partial charge is 0.225 e. The van der Waals surface area contributed by atoms with Gasteiger partial charge in [-0.3, -0.25) is 4.79 Å². The highest BCUT2D eigenvalue weighted by molar-refractivity contribution is 5.79. The van der Waals surface area contributed by atoms with Gasteiger partial charge in [0.05, 0.1) is 6.10 Å². The number of rotatable bonds is 4. The average Bonchev–Trinajstić information content (AvgIpc) is 3.10. The van der Waals surface area contributed by atoms with Gasteiger partial charge in [-0.1, -0.05) is 6.42 Å². The molecular formula is C17H28N4O2. The molecule has 2 aliphatic rings. The van der Waals surface area contributed by atoms with Crippen molar-refractivity contribution in [3.8, 4) is 0 Å². The Hall–Kier alpha value is -1.43. The first-order valence-corrected chi connectivity index (χ1v) is 8.92. The molecule has 1 aromatic rings. The van der Waals surface area contributed by atoms with Crippen molar-refractivity contribution in [1.29, 1.82) is 0 Å². The fourth-order valence-corrected chi connectivity index (χ4v) is 4.02. The third-order valence-corrected chi connectivity index (χ3v) is 5.47. The second kappa shape index (κ2) is 7.43. The molecule has 2 heterocycles. The van der Waals surface area contributed by atoms with Gasteiger partial charge in [0, 0.05) is 38.6 Å². The average molecular weight is 320 g/mol. The van der Waals surface area contributed by atoms with E-state index in [0.29, 0.717) is 11.8 Å². The zero-order chi connectivity index (χ0) is 16.2. The molecule has 1 aliphatic carbocycles. The van der Waals surface area contributed by atoms with Crippen molar-refractivity contribution < 1.29 is 9.53 Å². The van der Waals surface area contributed by atoms with E-state index in [4.69, 9.17) is 4.74 Å². The van der Waals surface area contributed by atoms with E-state index in [1.54, 1.807) is 13.4 Å². The molecule has 0 radical (unpaired) electrons. The summed E-state index contributed by atoms with van der Waals surface area (Å²) in [6.07, 6.45) is 8.15. The van der Waals surface area contributed by atoms with Crippen molar-refractivity contribution in [1.82, 2.24) is 19.7 Å². The van der Waals surface area contributed by atoms with Crippen molar-refractivity contribution in [3.63, 3.8) is 0 Å². The number of ether oxygens (including phenoxy) is 1. The zero-order valence-corrected chi connectivity index (χ0v) is 14.3. The van der Waals surface area contributed by atoms with Crippen molar-refractivity contribution in [3.05, 3.63) is 12.2 Å². The molecule has 1 aromatic heterocycles. The normalized spacial score (nSPS) is 26.4.